The van der Waals surface area contributed by atoms with Crippen molar-refractivity contribution >= 4 is 33.5 Å². The van der Waals surface area contributed by atoms with Gasteiger partial charge < -0.3 is 15.8 Å². The summed E-state index contributed by atoms with van der Waals surface area (Å²) in [7, 11) is 0. The third-order valence-electron chi connectivity index (χ3n) is 3.15. The number of carbonyl (C=O) groups is 2. The van der Waals surface area contributed by atoms with E-state index in [0.717, 1.165) is 12.0 Å². The maximum atomic E-state index is 11.9. The Morgan fingerprint density at radius 2 is 1.87 bits per heavy atom. The Hall–Kier alpha value is -2.34. The number of hydrogen-bond acceptors (Lipinski definition) is 4. The van der Waals surface area contributed by atoms with E-state index in [-0.39, 0.29) is 18.1 Å². The highest BCUT2D eigenvalue weighted by atomic mass is 79.9. The maximum Gasteiger partial charge on any atom is 0.340 e. The second kappa shape index (κ2) is 8.33. The zero-order valence-corrected chi connectivity index (χ0v) is 14.0. The molecule has 1 amide bonds. The fourth-order valence-corrected chi connectivity index (χ4v) is 2.32. The number of rotatable bonds is 6. The molecule has 120 valence electrons. The molecule has 0 fully saturated rings. The molecular weight excluding hydrogens is 360 g/mol. The zero-order chi connectivity index (χ0) is 16.7. The molecule has 3 N–H and O–H groups in total. The van der Waals surface area contributed by atoms with Crippen LogP contribution in [0.5, 0.6) is 0 Å². The Balaban J connectivity index is 1.75. The minimum absolute atomic E-state index is 0.233. The summed E-state index contributed by atoms with van der Waals surface area (Å²) in [6, 6.07) is 14.7. The molecule has 23 heavy (non-hydrogen) atoms. The average Bonchev–Trinajstić information content (AvgIpc) is 2.56. The van der Waals surface area contributed by atoms with Crippen LogP contribution in [0.4, 0.5) is 5.69 Å². The van der Waals surface area contributed by atoms with Crippen LogP contribution in [-0.2, 0) is 16.0 Å². The van der Waals surface area contributed by atoms with Gasteiger partial charge in [0.1, 0.15) is 0 Å². The SMILES string of the molecule is Nc1ccc(Br)cc1C(=O)OCC(=O)NCCc1ccccc1. The number of anilines is 1. The van der Waals surface area contributed by atoms with Gasteiger partial charge in [0.25, 0.3) is 5.91 Å². The van der Waals surface area contributed by atoms with E-state index in [2.05, 4.69) is 21.2 Å². The summed E-state index contributed by atoms with van der Waals surface area (Å²) in [6.07, 6.45) is 0.721. The molecule has 0 aromatic heterocycles. The molecule has 0 saturated carbocycles. The monoisotopic (exact) mass is 376 g/mol. The molecule has 0 atom stereocenters. The van der Waals surface area contributed by atoms with Gasteiger partial charge in [-0.1, -0.05) is 46.3 Å². The van der Waals surface area contributed by atoms with E-state index in [1.165, 1.54) is 0 Å². The van der Waals surface area contributed by atoms with E-state index in [0.29, 0.717) is 16.7 Å². The number of halogens is 1. The summed E-state index contributed by atoms with van der Waals surface area (Å²) >= 11 is 3.26. The van der Waals surface area contributed by atoms with Crippen molar-refractivity contribution < 1.29 is 14.3 Å². The molecule has 2 aromatic carbocycles. The van der Waals surface area contributed by atoms with E-state index in [4.69, 9.17) is 10.5 Å². The van der Waals surface area contributed by atoms with E-state index in [1.54, 1.807) is 18.2 Å². The quantitative estimate of drug-likeness (QED) is 0.599. The van der Waals surface area contributed by atoms with Gasteiger partial charge in [-0.25, -0.2) is 4.79 Å². The van der Waals surface area contributed by atoms with Crippen LogP contribution in [-0.4, -0.2) is 25.0 Å². The molecule has 0 heterocycles. The molecular formula is C17H17BrN2O3. The first-order valence-corrected chi connectivity index (χ1v) is 7.88. The smallest absolute Gasteiger partial charge is 0.340 e. The van der Waals surface area contributed by atoms with Crippen molar-refractivity contribution in [2.75, 3.05) is 18.9 Å². The molecule has 6 heteroatoms. The first-order valence-electron chi connectivity index (χ1n) is 7.09. The number of ether oxygens (including phenoxy) is 1. The van der Waals surface area contributed by atoms with Crippen molar-refractivity contribution in [2.24, 2.45) is 0 Å². The van der Waals surface area contributed by atoms with Gasteiger partial charge in [0.15, 0.2) is 6.61 Å². The lowest BCUT2D eigenvalue weighted by Crippen LogP contribution is -2.30. The molecule has 0 radical (unpaired) electrons. The van der Waals surface area contributed by atoms with E-state index >= 15 is 0 Å². The van der Waals surface area contributed by atoms with Gasteiger partial charge in [0, 0.05) is 16.7 Å². The number of hydrogen-bond donors (Lipinski definition) is 2. The number of esters is 1. The number of nitrogens with one attached hydrogen (secondary N) is 1. The largest absolute Gasteiger partial charge is 0.452 e. The minimum Gasteiger partial charge on any atom is -0.452 e. The van der Waals surface area contributed by atoms with E-state index in [9.17, 15) is 9.59 Å². The summed E-state index contributed by atoms with van der Waals surface area (Å²) < 4.78 is 5.69. The van der Waals surface area contributed by atoms with Crippen molar-refractivity contribution in [1.82, 2.24) is 5.32 Å². The third-order valence-corrected chi connectivity index (χ3v) is 3.64. The highest BCUT2D eigenvalue weighted by Crippen LogP contribution is 2.19. The second-order valence-corrected chi connectivity index (χ2v) is 5.81. The van der Waals surface area contributed by atoms with Crippen LogP contribution >= 0.6 is 15.9 Å². The van der Waals surface area contributed by atoms with Gasteiger partial charge in [-0.3, -0.25) is 4.79 Å². The Labute approximate surface area is 143 Å². The van der Waals surface area contributed by atoms with Crippen LogP contribution in [0, 0.1) is 0 Å². The van der Waals surface area contributed by atoms with Crippen LogP contribution in [0.25, 0.3) is 0 Å². The van der Waals surface area contributed by atoms with Gasteiger partial charge in [0.2, 0.25) is 0 Å². The molecule has 5 nitrogen and oxygen atoms in total. The van der Waals surface area contributed by atoms with Crippen LogP contribution in [0.1, 0.15) is 15.9 Å². The van der Waals surface area contributed by atoms with Gasteiger partial charge in [0.05, 0.1) is 5.56 Å². The molecule has 0 spiro atoms. The van der Waals surface area contributed by atoms with Crippen molar-refractivity contribution in [3.05, 3.63) is 64.1 Å². The van der Waals surface area contributed by atoms with E-state index < -0.39 is 5.97 Å². The third kappa shape index (κ3) is 5.41. The molecule has 0 unspecified atom stereocenters. The first kappa shape index (κ1) is 17.0. The minimum atomic E-state index is -0.623. The molecule has 0 aliphatic heterocycles. The summed E-state index contributed by atoms with van der Waals surface area (Å²) in [5.74, 6) is -0.968. The van der Waals surface area contributed by atoms with Crippen LogP contribution < -0.4 is 11.1 Å². The summed E-state index contributed by atoms with van der Waals surface area (Å²) in [4.78, 5) is 23.6. The summed E-state index contributed by atoms with van der Waals surface area (Å²) in [5.41, 5.74) is 7.39. The van der Waals surface area contributed by atoms with Gasteiger partial charge in [-0.05, 0) is 30.2 Å². The van der Waals surface area contributed by atoms with Crippen LogP contribution in [0.15, 0.2) is 53.0 Å². The van der Waals surface area contributed by atoms with Crippen LogP contribution in [0.2, 0.25) is 0 Å². The fourth-order valence-electron chi connectivity index (χ4n) is 1.96. The molecule has 2 rings (SSSR count). The lowest BCUT2D eigenvalue weighted by molar-refractivity contribution is -0.124. The Bertz CT molecular complexity index is 689. The van der Waals surface area contributed by atoms with Gasteiger partial charge in [-0.2, -0.15) is 0 Å². The van der Waals surface area contributed by atoms with Crippen molar-refractivity contribution in [2.45, 2.75) is 6.42 Å². The number of carbonyl (C=O) groups excluding carboxylic acids is 2. The Kier molecular flexibility index (Phi) is 6.17. The number of nitrogen functional groups attached to an aromatic ring is 1. The highest BCUT2D eigenvalue weighted by molar-refractivity contribution is 9.10. The predicted octanol–water partition coefficient (Wildman–Crippen LogP) is 2.55. The maximum absolute atomic E-state index is 11.9. The lowest BCUT2D eigenvalue weighted by Gasteiger charge is -2.08. The van der Waals surface area contributed by atoms with Crippen molar-refractivity contribution in [3.8, 4) is 0 Å². The molecule has 0 aliphatic rings. The summed E-state index contributed by atoms with van der Waals surface area (Å²) in [6.45, 7) is 0.152. The molecule has 0 bridgehead atoms. The topological polar surface area (TPSA) is 81.4 Å². The zero-order valence-electron chi connectivity index (χ0n) is 12.4. The van der Waals surface area contributed by atoms with E-state index in [1.807, 2.05) is 30.3 Å². The molecule has 0 aliphatic carbocycles. The standard InChI is InChI=1S/C17H17BrN2O3/c18-13-6-7-15(19)14(10-13)17(22)23-11-16(21)20-9-8-12-4-2-1-3-5-12/h1-7,10H,8-9,11,19H2,(H,20,21). The lowest BCUT2D eigenvalue weighted by atomic mass is 10.1. The molecule has 0 saturated heterocycles. The predicted molar refractivity (Wildman–Crippen MR) is 92.0 cm³/mol. The van der Waals surface area contributed by atoms with Crippen molar-refractivity contribution in [3.63, 3.8) is 0 Å². The highest BCUT2D eigenvalue weighted by Gasteiger charge is 2.13. The van der Waals surface area contributed by atoms with Crippen molar-refractivity contribution in [1.29, 1.82) is 0 Å². The fraction of sp³-hybridized carbons (Fsp3) is 0.176. The number of amides is 1. The summed E-state index contributed by atoms with van der Waals surface area (Å²) in [5, 5.41) is 2.71. The average molecular weight is 377 g/mol. The number of benzene rings is 2. The number of nitrogens with two attached hydrogens (primary N) is 1. The first-order chi connectivity index (χ1) is 11.1. The Morgan fingerprint density at radius 1 is 1.13 bits per heavy atom. The Morgan fingerprint density at radius 3 is 2.61 bits per heavy atom. The normalized spacial score (nSPS) is 10.1. The van der Waals surface area contributed by atoms with Gasteiger partial charge >= 0.3 is 5.97 Å². The van der Waals surface area contributed by atoms with Gasteiger partial charge in [-0.15, -0.1) is 0 Å². The van der Waals surface area contributed by atoms with Crippen LogP contribution in [0.3, 0.4) is 0 Å². The molecule has 2 aromatic rings. The second-order valence-electron chi connectivity index (χ2n) is 4.89.